The number of carbonyl (C=O) groups is 1. The van der Waals surface area contributed by atoms with Gasteiger partial charge in [-0.05, 0) is 0 Å². The van der Waals surface area contributed by atoms with Crippen molar-refractivity contribution >= 4 is 11.7 Å². The number of hydrogen-bond acceptors (Lipinski definition) is 5. The van der Waals surface area contributed by atoms with E-state index in [9.17, 15) is 4.79 Å². The van der Waals surface area contributed by atoms with Crippen molar-refractivity contribution in [2.75, 3.05) is 13.4 Å². The molecule has 10 heavy (non-hydrogen) atoms. The zero-order chi connectivity index (χ0) is 7.40. The van der Waals surface area contributed by atoms with Crippen LogP contribution in [0.15, 0.2) is 5.16 Å². The first-order valence-electron chi connectivity index (χ1n) is 2.81. The Hall–Kier alpha value is -1.10. The van der Waals surface area contributed by atoms with Crippen molar-refractivity contribution in [3.05, 3.63) is 0 Å². The molecule has 5 heteroatoms. The molecule has 1 rings (SSSR count). The van der Waals surface area contributed by atoms with Gasteiger partial charge >= 0.3 is 5.97 Å². The second-order valence-electron chi connectivity index (χ2n) is 1.68. The fourth-order valence-electron chi connectivity index (χ4n) is 0.593. The van der Waals surface area contributed by atoms with Crippen LogP contribution in [0.2, 0.25) is 0 Å². The molecule has 0 fully saturated rings. The van der Waals surface area contributed by atoms with E-state index in [1.165, 1.54) is 0 Å². The van der Waals surface area contributed by atoms with Crippen molar-refractivity contribution in [2.24, 2.45) is 5.16 Å². The number of esters is 1. The Morgan fingerprint density at radius 3 is 3.20 bits per heavy atom. The van der Waals surface area contributed by atoms with E-state index in [2.05, 4.69) is 14.7 Å². The first-order chi connectivity index (χ1) is 4.84. The Labute approximate surface area is 57.2 Å². The fraction of sp³-hybridized carbons (Fsp3) is 0.600. The molecule has 0 aliphatic carbocycles. The van der Waals surface area contributed by atoms with Gasteiger partial charge in [-0.1, -0.05) is 5.16 Å². The van der Waals surface area contributed by atoms with Crippen LogP contribution in [0, 0.1) is 0 Å². The highest BCUT2D eigenvalue weighted by atomic mass is 16.6. The van der Waals surface area contributed by atoms with Crippen LogP contribution < -0.4 is 0 Å². The zero-order valence-corrected chi connectivity index (χ0v) is 5.24. The number of ether oxygens (including phenoxy) is 1. The summed E-state index contributed by atoms with van der Waals surface area (Å²) in [5.74, 6) is -0.611. The molecular weight excluding hydrogens is 138 g/mol. The van der Waals surface area contributed by atoms with Crippen LogP contribution in [0.4, 0.5) is 0 Å². The quantitative estimate of drug-likeness (QED) is 0.410. The normalized spacial score (nSPS) is 15.9. The number of oxime groups is 1. The van der Waals surface area contributed by atoms with Crippen molar-refractivity contribution in [3.8, 4) is 0 Å². The average Bonchev–Trinajstić information content (AvgIpc) is 2.38. The number of aliphatic hydroxyl groups excluding tert-OH is 1. The molecule has 0 unspecified atom stereocenters. The number of carbonyl (C=O) groups excluding carboxylic acids is 1. The van der Waals surface area contributed by atoms with Crippen LogP contribution in [0.3, 0.4) is 0 Å². The van der Waals surface area contributed by atoms with E-state index in [1.54, 1.807) is 0 Å². The van der Waals surface area contributed by atoms with Crippen molar-refractivity contribution in [3.63, 3.8) is 0 Å². The second kappa shape index (κ2) is 3.17. The molecule has 1 N–H and O–H groups in total. The number of aliphatic hydroxyl groups is 1. The van der Waals surface area contributed by atoms with Crippen molar-refractivity contribution in [1.29, 1.82) is 0 Å². The lowest BCUT2D eigenvalue weighted by atomic mass is 10.3. The average molecular weight is 145 g/mol. The van der Waals surface area contributed by atoms with Gasteiger partial charge in [0.1, 0.15) is 6.61 Å². The summed E-state index contributed by atoms with van der Waals surface area (Å²) in [6, 6.07) is 0. The highest BCUT2D eigenvalue weighted by Crippen LogP contribution is 2.00. The van der Waals surface area contributed by atoms with Gasteiger partial charge in [0.2, 0.25) is 0 Å². The van der Waals surface area contributed by atoms with Crippen LogP contribution >= 0.6 is 0 Å². The summed E-state index contributed by atoms with van der Waals surface area (Å²) in [5.41, 5.74) is 0.231. The molecule has 0 amide bonds. The zero-order valence-electron chi connectivity index (χ0n) is 5.24. The molecule has 1 heterocycles. The molecule has 0 spiro atoms. The minimum absolute atomic E-state index is 0.231. The van der Waals surface area contributed by atoms with E-state index in [4.69, 9.17) is 5.11 Å². The van der Waals surface area contributed by atoms with Crippen LogP contribution in [0.1, 0.15) is 6.42 Å². The first-order valence-corrected chi connectivity index (χ1v) is 2.81. The smallest absolute Gasteiger partial charge is 0.358 e. The van der Waals surface area contributed by atoms with Gasteiger partial charge in [0, 0.05) is 6.42 Å². The number of hydrogen-bond donors (Lipinski definition) is 1. The Kier molecular flexibility index (Phi) is 2.22. The minimum Gasteiger partial charge on any atom is -0.434 e. The minimum atomic E-state index is -0.613. The molecule has 0 atom stereocenters. The molecule has 56 valence electrons. The molecular formula is C5H7NO4. The van der Waals surface area contributed by atoms with E-state index in [1.807, 2.05) is 0 Å². The second-order valence-corrected chi connectivity index (χ2v) is 1.68. The summed E-state index contributed by atoms with van der Waals surface area (Å²) < 4.78 is 4.23. The maximum atomic E-state index is 10.7. The Bertz CT molecular complexity index is 165. The maximum absolute atomic E-state index is 10.7. The van der Waals surface area contributed by atoms with Gasteiger partial charge in [0.25, 0.3) is 0 Å². The number of rotatable bonds is 2. The monoisotopic (exact) mass is 145 g/mol. The molecule has 5 nitrogen and oxygen atoms in total. The summed E-state index contributed by atoms with van der Waals surface area (Å²) in [6.07, 6.45) is 0.457. The first kappa shape index (κ1) is 7.01. The van der Waals surface area contributed by atoms with E-state index < -0.39 is 12.8 Å². The van der Waals surface area contributed by atoms with Gasteiger partial charge in [-0.2, -0.15) is 0 Å². The molecule has 0 bridgehead atoms. The summed E-state index contributed by atoms with van der Waals surface area (Å²) >= 11 is 0. The Balaban J connectivity index is 2.40. The third-order valence-electron chi connectivity index (χ3n) is 1.04. The molecule has 0 aromatic rings. The van der Waals surface area contributed by atoms with Gasteiger partial charge in [-0.3, -0.25) is 0 Å². The molecule has 1 aliphatic rings. The van der Waals surface area contributed by atoms with E-state index in [0.29, 0.717) is 13.0 Å². The Morgan fingerprint density at radius 2 is 2.70 bits per heavy atom. The summed E-state index contributed by atoms with van der Waals surface area (Å²) in [4.78, 5) is 15.2. The lowest BCUT2D eigenvalue weighted by molar-refractivity contribution is -0.143. The van der Waals surface area contributed by atoms with Crippen molar-refractivity contribution in [2.45, 2.75) is 6.42 Å². The van der Waals surface area contributed by atoms with E-state index >= 15 is 0 Å². The standard InChI is InChI=1S/C5H7NO4/c7-3-9-5(8)4-1-2-10-6-4/h7H,1-3H2. The SMILES string of the molecule is O=C(OCO)C1=NOCC1. The maximum Gasteiger partial charge on any atom is 0.358 e. The van der Waals surface area contributed by atoms with Crippen LogP contribution in [-0.2, 0) is 14.4 Å². The van der Waals surface area contributed by atoms with Gasteiger partial charge in [-0.15, -0.1) is 0 Å². The molecule has 0 saturated carbocycles. The largest absolute Gasteiger partial charge is 0.434 e. The molecule has 0 saturated heterocycles. The summed E-state index contributed by atoms with van der Waals surface area (Å²) in [6.45, 7) is -0.201. The van der Waals surface area contributed by atoms with Gasteiger partial charge in [-0.25, -0.2) is 4.79 Å². The fourth-order valence-corrected chi connectivity index (χ4v) is 0.593. The summed E-state index contributed by atoms with van der Waals surface area (Å²) in [7, 11) is 0. The topological polar surface area (TPSA) is 68.1 Å². The van der Waals surface area contributed by atoms with E-state index in [-0.39, 0.29) is 5.71 Å². The van der Waals surface area contributed by atoms with Gasteiger partial charge in [0.15, 0.2) is 12.5 Å². The third-order valence-corrected chi connectivity index (χ3v) is 1.04. The Morgan fingerprint density at radius 1 is 1.90 bits per heavy atom. The predicted octanol–water partition coefficient (Wildman–Crippen LogP) is -0.744. The molecule has 0 radical (unpaired) electrons. The van der Waals surface area contributed by atoms with Crippen molar-refractivity contribution < 1.29 is 19.5 Å². The van der Waals surface area contributed by atoms with E-state index in [0.717, 1.165) is 0 Å². The summed E-state index contributed by atoms with van der Waals surface area (Å²) in [5, 5.41) is 11.5. The van der Waals surface area contributed by atoms with Crippen LogP contribution in [0.25, 0.3) is 0 Å². The molecule has 1 aliphatic heterocycles. The number of nitrogens with zero attached hydrogens (tertiary/aromatic N) is 1. The van der Waals surface area contributed by atoms with Crippen LogP contribution in [-0.4, -0.2) is 30.2 Å². The third kappa shape index (κ3) is 1.44. The van der Waals surface area contributed by atoms with Gasteiger partial charge in [0.05, 0.1) is 0 Å². The predicted molar refractivity (Wildman–Crippen MR) is 31.2 cm³/mol. The highest BCUT2D eigenvalue weighted by Gasteiger charge is 2.17. The highest BCUT2D eigenvalue weighted by molar-refractivity contribution is 6.36. The lowest BCUT2D eigenvalue weighted by Gasteiger charge is -1.95. The van der Waals surface area contributed by atoms with Gasteiger partial charge < -0.3 is 14.7 Å². The molecule has 0 aromatic heterocycles. The van der Waals surface area contributed by atoms with Crippen LogP contribution in [0.5, 0.6) is 0 Å². The lowest BCUT2D eigenvalue weighted by Crippen LogP contribution is -2.16. The molecule has 0 aromatic carbocycles. The van der Waals surface area contributed by atoms with Crippen molar-refractivity contribution in [1.82, 2.24) is 0 Å².